The van der Waals surface area contributed by atoms with Crippen LogP contribution in [0.2, 0.25) is 0 Å². The van der Waals surface area contributed by atoms with Crippen LogP contribution in [0.1, 0.15) is 33.6 Å². The number of anilines is 2. The van der Waals surface area contributed by atoms with Gasteiger partial charge in [0.1, 0.15) is 17.4 Å². The number of nitrogens with one attached hydrogen (secondary N) is 1. The van der Waals surface area contributed by atoms with Crippen LogP contribution in [0.4, 0.5) is 15.1 Å². The summed E-state index contributed by atoms with van der Waals surface area (Å²) in [5.74, 6) is -1.65. The fraction of sp³-hybridized carbons (Fsp3) is 0.368. The average Bonchev–Trinajstić information content (AvgIpc) is 3.03. The van der Waals surface area contributed by atoms with Crippen LogP contribution < -0.4 is 9.62 Å². The molecule has 0 bridgehead atoms. The van der Waals surface area contributed by atoms with E-state index in [-0.39, 0.29) is 5.69 Å². The van der Waals surface area contributed by atoms with E-state index in [4.69, 9.17) is 4.74 Å². The molecule has 1 N–H and O–H groups in total. The molecule has 0 radical (unpaired) electrons. The van der Waals surface area contributed by atoms with Gasteiger partial charge < -0.3 is 10.1 Å². The lowest BCUT2D eigenvalue weighted by Crippen LogP contribution is -2.37. The summed E-state index contributed by atoms with van der Waals surface area (Å²) >= 11 is 1.32. The molecular weight excluding hydrogens is 419 g/mol. The molecule has 0 saturated carbocycles. The summed E-state index contributed by atoms with van der Waals surface area (Å²) in [5, 5.41) is 3.03. The van der Waals surface area contributed by atoms with Crippen LogP contribution in [0.25, 0.3) is 0 Å². The Balaban J connectivity index is 1.86. The number of thiophene rings is 1. The number of rotatable bonds is 6. The number of hydrogen-bond acceptors (Lipinski definition) is 6. The SMILES string of the molecule is COC(=O)c1c(NC(=O)CN(c2ccc(F)cc2)S(C)(=O)=O)sc2c1CCCC2. The maximum atomic E-state index is 13.2. The quantitative estimate of drug-likeness (QED) is 0.697. The van der Waals surface area contributed by atoms with Crippen molar-refractivity contribution in [1.29, 1.82) is 0 Å². The van der Waals surface area contributed by atoms with E-state index in [1.54, 1.807) is 0 Å². The molecule has 0 spiro atoms. The first-order valence-electron chi connectivity index (χ1n) is 8.96. The van der Waals surface area contributed by atoms with E-state index >= 15 is 0 Å². The highest BCUT2D eigenvalue weighted by molar-refractivity contribution is 7.92. The van der Waals surface area contributed by atoms with Crippen LogP contribution in [0.15, 0.2) is 24.3 Å². The molecule has 156 valence electrons. The van der Waals surface area contributed by atoms with E-state index in [0.29, 0.717) is 10.6 Å². The summed E-state index contributed by atoms with van der Waals surface area (Å²) in [6.07, 6.45) is 4.48. The Morgan fingerprint density at radius 3 is 2.48 bits per heavy atom. The van der Waals surface area contributed by atoms with Crippen LogP contribution in [-0.4, -0.2) is 40.2 Å². The average molecular weight is 441 g/mol. The van der Waals surface area contributed by atoms with Crippen LogP contribution >= 0.6 is 11.3 Å². The molecule has 0 aliphatic heterocycles. The Labute approximate surface area is 172 Å². The molecule has 2 aromatic rings. The number of fused-ring (bicyclic) bond motifs is 1. The van der Waals surface area contributed by atoms with Crippen molar-refractivity contribution in [2.45, 2.75) is 25.7 Å². The van der Waals surface area contributed by atoms with Gasteiger partial charge >= 0.3 is 5.97 Å². The first-order chi connectivity index (χ1) is 13.7. The Morgan fingerprint density at radius 2 is 1.86 bits per heavy atom. The van der Waals surface area contributed by atoms with Gasteiger partial charge in [0.05, 0.1) is 24.6 Å². The van der Waals surface area contributed by atoms with Crippen molar-refractivity contribution in [3.05, 3.63) is 46.1 Å². The van der Waals surface area contributed by atoms with E-state index in [2.05, 4.69) is 5.32 Å². The first-order valence-corrected chi connectivity index (χ1v) is 11.6. The van der Waals surface area contributed by atoms with Crippen LogP contribution in [0, 0.1) is 5.82 Å². The van der Waals surface area contributed by atoms with Crippen LogP contribution in [0.5, 0.6) is 0 Å². The summed E-state index contributed by atoms with van der Waals surface area (Å²) in [6, 6.07) is 4.81. The summed E-state index contributed by atoms with van der Waals surface area (Å²) in [4.78, 5) is 26.0. The predicted octanol–water partition coefficient (Wildman–Crippen LogP) is 2.96. The van der Waals surface area contributed by atoms with Gasteiger partial charge in [-0.05, 0) is 55.5 Å². The first kappa shape index (κ1) is 21.3. The zero-order valence-corrected chi connectivity index (χ0v) is 17.7. The van der Waals surface area contributed by atoms with Crippen molar-refractivity contribution in [3.8, 4) is 0 Å². The molecule has 0 saturated heterocycles. The third kappa shape index (κ3) is 4.76. The number of carbonyl (C=O) groups excluding carboxylic acids is 2. The third-order valence-electron chi connectivity index (χ3n) is 4.62. The number of hydrogen-bond donors (Lipinski definition) is 1. The molecule has 0 atom stereocenters. The van der Waals surface area contributed by atoms with Gasteiger partial charge in [-0.25, -0.2) is 17.6 Å². The van der Waals surface area contributed by atoms with Gasteiger partial charge in [0.25, 0.3) is 0 Å². The molecule has 1 aliphatic rings. The second kappa shape index (κ2) is 8.50. The van der Waals surface area contributed by atoms with Crippen molar-refractivity contribution in [2.24, 2.45) is 0 Å². The number of methoxy groups -OCH3 is 1. The molecule has 10 heteroatoms. The van der Waals surface area contributed by atoms with Gasteiger partial charge in [0.15, 0.2) is 0 Å². The van der Waals surface area contributed by atoms with Gasteiger partial charge in [-0.2, -0.15) is 0 Å². The van der Waals surface area contributed by atoms with Crippen molar-refractivity contribution in [2.75, 3.05) is 29.5 Å². The second-order valence-corrected chi connectivity index (χ2v) is 9.71. The van der Waals surface area contributed by atoms with Gasteiger partial charge in [0, 0.05) is 4.88 Å². The highest BCUT2D eigenvalue weighted by Gasteiger charge is 2.28. The minimum Gasteiger partial charge on any atom is -0.465 e. The second-order valence-electron chi connectivity index (χ2n) is 6.70. The van der Waals surface area contributed by atoms with E-state index < -0.39 is 34.3 Å². The molecule has 7 nitrogen and oxygen atoms in total. The Hall–Kier alpha value is -2.46. The smallest absolute Gasteiger partial charge is 0.341 e. The minimum atomic E-state index is -3.79. The molecule has 1 aromatic carbocycles. The van der Waals surface area contributed by atoms with Crippen molar-refractivity contribution < 1.29 is 27.1 Å². The maximum Gasteiger partial charge on any atom is 0.341 e. The Kier molecular flexibility index (Phi) is 6.23. The van der Waals surface area contributed by atoms with Gasteiger partial charge in [-0.15, -0.1) is 11.3 Å². The highest BCUT2D eigenvalue weighted by atomic mass is 32.2. The van der Waals surface area contributed by atoms with Gasteiger partial charge in [-0.1, -0.05) is 0 Å². The van der Waals surface area contributed by atoms with E-state index in [0.717, 1.165) is 58.8 Å². The third-order valence-corrected chi connectivity index (χ3v) is 6.96. The molecule has 29 heavy (non-hydrogen) atoms. The van der Waals surface area contributed by atoms with Crippen molar-refractivity contribution in [1.82, 2.24) is 0 Å². The normalized spacial score (nSPS) is 13.5. The standard InChI is InChI=1S/C19H21FN2O5S2/c1-27-19(24)17-14-5-3-4-6-15(14)28-18(17)21-16(23)11-22(29(2,25)26)13-9-7-12(20)8-10-13/h7-10H,3-6,11H2,1-2H3,(H,21,23). The number of benzene rings is 1. The number of nitrogens with zero attached hydrogens (tertiary/aromatic N) is 1. The number of ether oxygens (including phenoxy) is 1. The lowest BCUT2D eigenvalue weighted by atomic mass is 9.95. The molecule has 1 amide bonds. The van der Waals surface area contributed by atoms with Gasteiger partial charge in [-0.3, -0.25) is 9.10 Å². The molecule has 1 aliphatic carbocycles. The number of esters is 1. The fourth-order valence-corrected chi connectivity index (χ4v) is 5.43. The van der Waals surface area contributed by atoms with Crippen molar-refractivity contribution in [3.63, 3.8) is 0 Å². The zero-order valence-electron chi connectivity index (χ0n) is 16.0. The molecule has 0 fully saturated rings. The zero-order chi connectivity index (χ0) is 21.2. The van der Waals surface area contributed by atoms with E-state index in [9.17, 15) is 22.4 Å². The fourth-order valence-electron chi connectivity index (χ4n) is 3.28. The van der Waals surface area contributed by atoms with Gasteiger partial charge in [0.2, 0.25) is 15.9 Å². The number of aryl methyl sites for hydroxylation is 1. The monoisotopic (exact) mass is 440 g/mol. The molecule has 0 unspecified atom stereocenters. The molecule has 3 rings (SSSR count). The van der Waals surface area contributed by atoms with Crippen molar-refractivity contribution >= 4 is 43.9 Å². The molecule has 1 heterocycles. The highest BCUT2D eigenvalue weighted by Crippen LogP contribution is 2.38. The minimum absolute atomic E-state index is 0.169. The number of sulfonamides is 1. The predicted molar refractivity (Wildman–Crippen MR) is 110 cm³/mol. The van der Waals surface area contributed by atoms with E-state index in [1.807, 2.05) is 0 Å². The summed E-state index contributed by atoms with van der Waals surface area (Å²) in [5.41, 5.74) is 1.40. The Bertz CT molecular complexity index is 1030. The van der Waals surface area contributed by atoms with E-state index in [1.165, 1.54) is 30.6 Å². The summed E-state index contributed by atoms with van der Waals surface area (Å²) in [7, 11) is -2.51. The summed E-state index contributed by atoms with van der Waals surface area (Å²) in [6.45, 7) is -0.506. The lowest BCUT2D eigenvalue weighted by Gasteiger charge is -2.21. The molecular formula is C19H21FN2O5S2. The topological polar surface area (TPSA) is 92.8 Å². The number of carbonyl (C=O) groups is 2. The largest absolute Gasteiger partial charge is 0.465 e. The molecule has 1 aromatic heterocycles. The lowest BCUT2D eigenvalue weighted by molar-refractivity contribution is -0.114. The van der Waals surface area contributed by atoms with Crippen LogP contribution in [-0.2, 0) is 32.4 Å². The summed E-state index contributed by atoms with van der Waals surface area (Å²) < 4.78 is 43.3. The number of amides is 1. The maximum absolute atomic E-state index is 13.2. The van der Waals surface area contributed by atoms with Crippen LogP contribution in [0.3, 0.4) is 0 Å². The Morgan fingerprint density at radius 1 is 1.21 bits per heavy atom. The number of halogens is 1.